The van der Waals surface area contributed by atoms with Crippen molar-refractivity contribution in [1.29, 1.82) is 0 Å². The van der Waals surface area contributed by atoms with E-state index in [1.54, 1.807) is 6.07 Å². The summed E-state index contributed by atoms with van der Waals surface area (Å²) in [7, 11) is 0. The van der Waals surface area contributed by atoms with Gasteiger partial charge in [-0.2, -0.15) is 18.3 Å². The average molecular weight is 555 g/mol. The number of alkyl halides is 3. The van der Waals surface area contributed by atoms with Crippen LogP contribution in [0, 0.1) is 0 Å². The van der Waals surface area contributed by atoms with Gasteiger partial charge in [-0.25, -0.2) is 14.8 Å². The van der Waals surface area contributed by atoms with E-state index in [0.717, 1.165) is 6.20 Å². The molecule has 0 unspecified atom stereocenters. The number of anilines is 2. The molecule has 0 aliphatic rings. The number of carbonyl (C=O) groups excluding carboxylic acids is 2. The molecule has 0 spiro atoms. The number of amides is 2. The molecule has 6 N–H and O–H groups in total. The molecule has 17 heteroatoms. The number of aromatic nitrogens is 5. The molecule has 3 heterocycles. The summed E-state index contributed by atoms with van der Waals surface area (Å²) in [6.45, 7) is -0.303. The van der Waals surface area contributed by atoms with Crippen LogP contribution >= 0.6 is 11.6 Å². The Bertz CT molecular complexity index is 1460. The average Bonchev–Trinajstić information content (AvgIpc) is 3.50. The van der Waals surface area contributed by atoms with E-state index in [1.807, 2.05) is 5.10 Å². The SMILES string of the molecule is NC(=O)OCCNC(=O)c1ccc(Nc2nccn3c(-c4cn[nH]c4C(F)(F)F)cnc23)cc1Cl.O=CO. The maximum Gasteiger partial charge on any atom is 0.433 e. The van der Waals surface area contributed by atoms with Gasteiger partial charge in [-0.05, 0) is 18.2 Å². The van der Waals surface area contributed by atoms with Crippen LogP contribution in [0.2, 0.25) is 5.02 Å². The number of primary amides is 1. The fourth-order valence-electron chi connectivity index (χ4n) is 3.23. The smallest absolute Gasteiger partial charge is 0.433 e. The van der Waals surface area contributed by atoms with Gasteiger partial charge in [0.15, 0.2) is 11.5 Å². The zero-order chi connectivity index (χ0) is 27.9. The van der Waals surface area contributed by atoms with Gasteiger partial charge in [-0.15, -0.1) is 0 Å². The van der Waals surface area contributed by atoms with Gasteiger partial charge in [0.1, 0.15) is 12.3 Å². The quantitative estimate of drug-likeness (QED) is 0.169. The van der Waals surface area contributed by atoms with Crippen LogP contribution in [-0.2, 0) is 15.7 Å². The molecule has 0 radical (unpaired) electrons. The molecule has 4 rings (SSSR count). The second kappa shape index (κ2) is 11.9. The third-order valence-electron chi connectivity index (χ3n) is 4.74. The predicted octanol–water partition coefficient (Wildman–Crippen LogP) is 3.06. The summed E-state index contributed by atoms with van der Waals surface area (Å²) >= 11 is 6.24. The molecule has 38 heavy (non-hydrogen) atoms. The molecule has 0 aliphatic carbocycles. The summed E-state index contributed by atoms with van der Waals surface area (Å²) in [6.07, 6.45) is -0.354. The van der Waals surface area contributed by atoms with Crippen LogP contribution in [-0.4, -0.2) is 61.3 Å². The number of rotatable bonds is 7. The van der Waals surface area contributed by atoms with Gasteiger partial charge in [0, 0.05) is 18.1 Å². The Balaban J connectivity index is 0.00000127. The number of nitrogens with two attached hydrogens (primary N) is 1. The number of H-pyrrole nitrogens is 1. The van der Waals surface area contributed by atoms with Crippen molar-refractivity contribution in [2.75, 3.05) is 18.5 Å². The minimum atomic E-state index is -4.62. The summed E-state index contributed by atoms with van der Waals surface area (Å²) in [5.74, 6) is -0.249. The molecule has 4 aromatic rings. The molecule has 200 valence electrons. The van der Waals surface area contributed by atoms with Gasteiger partial charge < -0.3 is 26.2 Å². The Labute approximate surface area is 215 Å². The maximum atomic E-state index is 13.3. The maximum absolute atomic E-state index is 13.3. The van der Waals surface area contributed by atoms with Crippen LogP contribution in [0.4, 0.5) is 29.5 Å². The molecule has 0 saturated carbocycles. The predicted molar refractivity (Wildman–Crippen MR) is 127 cm³/mol. The Hall–Kier alpha value is -4.86. The largest absolute Gasteiger partial charge is 0.483 e. The van der Waals surface area contributed by atoms with Crippen LogP contribution in [0.3, 0.4) is 0 Å². The van der Waals surface area contributed by atoms with Gasteiger partial charge in [0.25, 0.3) is 12.4 Å². The number of aromatic amines is 1. The van der Waals surface area contributed by atoms with Crippen LogP contribution in [0.25, 0.3) is 16.9 Å². The molecule has 0 atom stereocenters. The first-order chi connectivity index (χ1) is 18.1. The lowest BCUT2D eigenvalue weighted by molar-refractivity contribution is -0.140. The molecule has 0 bridgehead atoms. The van der Waals surface area contributed by atoms with Crippen molar-refractivity contribution in [3.05, 3.63) is 59.3 Å². The fraction of sp³-hybridized carbons (Fsp3) is 0.143. The Morgan fingerprint density at radius 1 is 1.26 bits per heavy atom. The third-order valence-corrected chi connectivity index (χ3v) is 5.05. The van der Waals surface area contributed by atoms with Crippen molar-refractivity contribution in [3.8, 4) is 11.3 Å². The lowest BCUT2D eigenvalue weighted by atomic mass is 10.2. The lowest BCUT2D eigenvalue weighted by Crippen LogP contribution is -2.29. The zero-order valence-corrected chi connectivity index (χ0v) is 19.7. The molecule has 0 aliphatic heterocycles. The van der Waals surface area contributed by atoms with E-state index in [2.05, 4.69) is 30.4 Å². The van der Waals surface area contributed by atoms with Gasteiger partial charge in [0.2, 0.25) is 0 Å². The van der Waals surface area contributed by atoms with Crippen molar-refractivity contribution in [3.63, 3.8) is 0 Å². The van der Waals surface area contributed by atoms with Crippen LogP contribution in [0.5, 0.6) is 0 Å². The van der Waals surface area contributed by atoms with Crippen molar-refractivity contribution in [1.82, 2.24) is 29.9 Å². The van der Waals surface area contributed by atoms with E-state index in [1.165, 1.54) is 35.1 Å². The van der Waals surface area contributed by atoms with Gasteiger partial charge in [-0.3, -0.25) is 19.1 Å². The molecule has 13 nitrogen and oxygen atoms in total. The normalized spacial score (nSPS) is 10.8. The summed E-state index contributed by atoms with van der Waals surface area (Å²) in [6, 6.07) is 4.50. The number of nitrogens with zero attached hydrogens (tertiary/aromatic N) is 4. The molecular weight excluding hydrogens is 537 g/mol. The van der Waals surface area contributed by atoms with E-state index in [0.29, 0.717) is 5.69 Å². The van der Waals surface area contributed by atoms with Crippen LogP contribution < -0.4 is 16.4 Å². The minimum absolute atomic E-state index is 0.0406. The van der Waals surface area contributed by atoms with Crippen LogP contribution in [0.1, 0.15) is 16.1 Å². The van der Waals surface area contributed by atoms with Gasteiger partial charge >= 0.3 is 12.3 Å². The van der Waals surface area contributed by atoms with Crippen molar-refractivity contribution in [2.45, 2.75) is 6.18 Å². The number of halogens is 4. The fourth-order valence-corrected chi connectivity index (χ4v) is 3.49. The second-order valence-electron chi connectivity index (χ2n) is 7.12. The zero-order valence-electron chi connectivity index (χ0n) is 19.0. The monoisotopic (exact) mass is 554 g/mol. The summed E-state index contributed by atoms with van der Waals surface area (Å²) in [5.41, 5.74) is 4.73. The summed E-state index contributed by atoms with van der Waals surface area (Å²) in [4.78, 5) is 39.6. The molecule has 0 saturated heterocycles. The summed E-state index contributed by atoms with van der Waals surface area (Å²) < 4.78 is 45.9. The van der Waals surface area contributed by atoms with Gasteiger partial charge in [-0.1, -0.05) is 11.6 Å². The number of carbonyl (C=O) groups is 3. The highest BCUT2D eigenvalue weighted by Crippen LogP contribution is 2.36. The number of fused-ring (bicyclic) bond motifs is 1. The van der Waals surface area contributed by atoms with Crippen molar-refractivity contribution >= 4 is 47.2 Å². The number of carboxylic acid groups (broad SMARTS) is 1. The topological polar surface area (TPSA) is 190 Å². The highest BCUT2D eigenvalue weighted by molar-refractivity contribution is 6.34. The van der Waals surface area contributed by atoms with E-state index in [9.17, 15) is 22.8 Å². The van der Waals surface area contributed by atoms with Crippen LogP contribution in [0.15, 0.2) is 43.0 Å². The van der Waals surface area contributed by atoms with Crippen molar-refractivity contribution in [2.24, 2.45) is 5.73 Å². The Morgan fingerprint density at radius 2 is 2.00 bits per heavy atom. The molecule has 3 aromatic heterocycles. The van der Waals surface area contributed by atoms with E-state index in [-0.39, 0.29) is 52.9 Å². The molecule has 0 fully saturated rings. The van der Waals surface area contributed by atoms with E-state index < -0.39 is 23.9 Å². The van der Waals surface area contributed by atoms with Gasteiger partial charge in [0.05, 0.1) is 40.8 Å². The number of hydrogen-bond acceptors (Lipinski definition) is 8. The number of hydrogen-bond donors (Lipinski definition) is 5. The number of ether oxygens (including phenoxy) is 1. The van der Waals surface area contributed by atoms with E-state index >= 15 is 0 Å². The highest BCUT2D eigenvalue weighted by Gasteiger charge is 2.36. The Kier molecular flexibility index (Phi) is 8.69. The molecular formula is C21H18ClF3N8O5. The third kappa shape index (κ3) is 6.47. The molecule has 2 amide bonds. The first-order valence-corrected chi connectivity index (χ1v) is 10.7. The number of imidazole rings is 1. The second-order valence-corrected chi connectivity index (χ2v) is 7.52. The first-order valence-electron chi connectivity index (χ1n) is 10.3. The highest BCUT2D eigenvalue weighted by atomic mass is 35.5. The van der Waals surface area contributed by atoms with E-state index in [4.69, 9.17) is 27.2 Å². The standard InChI is InChI=1S/C20H16ClF3N8O3.CH2O2/c21-13-7-10(1-2-11(13)18(33)27-4-6-35-19(25)34)30-16-17-28-9-14(32(17)5-3-26-16)12-8-29-31-15(12)20(22,23)24;2-1-3/h1-3,5,7-9H,4,6H2,(H2,25,34)(H,26,30)(H,27,33)(H,29,31);1H,(H,2,3). The first kappa shape index (κ1) is 27.7. The minimum Gasteiger partial charge on any atom is -0.483 e. The molecule has 1 aromatic carbocycles. The Morgan fingerprint density at radius 3 is 2.66 bits per heavy atom. The number of benzene rings is 1. The lowest BCUT2D eigenvalue weighted by Gasteiger charge is -2.11. The number of nitrogens with one attached hydrogen (secondary N) is 3. The van der Waals surface area contributed by atoms with Crippen molar-refractivity contribution < 1.29 is 37.4 Å². The summed E-state index contributed by atoms with van der Waals surface area (Å²) in [5, 5.41) is 18.0.